The molecule has 5 nitrogen and oxygen atoms in total. The van der Waals surface area contributed by atoms with E-state index in [-0.39, 0.29) is 11.9 Å². The van der Waals surface area contributed by atoms with Crippen molar-refractivity contribution in [3.05, 3.63) is 57.9 Å². The SMILES string of the molecule is Cc1noc2nc(C3CC3)cc(C(=O)N[C@H](C)c3ccc(Cl)cc3)c12. The van der Waals surface area contributed by atoms with Crippen molar-refractivity contribution in [1.82, 2.24) is 15.5 Å². The third-order valence-corrected chi connectivity index (χ3v) is 4.85. The van der Waals surface area contributed by atoms with Gasteiger partial charge < -0.3 is 9.84 Å². The number of aryl methyl sites for hydroxylation is 1. The van der Waals surface area contributed by atoms with E-state index in [1.165, 1.54) is 0 Å². The van der Waals surface area contributed by atoms with Crippen LogP contribution < -0.4 is 5.32 Å². The lowest BCUT2D eigenvalue weighted by molar-refractivity contribution is 0.0941. The lowest BCUT2D eigenvalue weighted by Gasteiger charge is -2.15. The molecule has 1 fully saturated rings. The number of carbonyl (C=O) groups excluding carboxylic acids is 1. The largest absolute Gasteiger partial charge is 0.345 e. The topological polar surface area (TPSA) is 68.0 Å². The summed E-state index contributed by atoms with van der Waals surface area (Å²) >= 11 is 5.93. The number of nitrogens with one attached hydrogen (secondary N) is 1. The highest BCUT2D eigenvalue weighted by Crippen LogP contribution is 2.40. The van der Waals surface area contributed by atoms with Crippen molar-refractivity contribution >= 4 is 28.6 Å². The van der Waals surface area contributed by atoms with Gasteiger partial charge in [-0.1, -0.05) is 28.9 Å². The summed E-state index contributed by atoms with van der Waals surface area (Å²) in [6, 6.07) is 9.20. The van der Waals surface area contributed by atoms with Crippen LogP contribution in [0.4, 0.5) is 0 Å². The molecule has 0 saturated heterocycles. The summed E-state index contributed by atoms with van der Waals surface area (Å²) in [6.07, 6.45) is 2.21. The van der Waals surface area contributed by atoms with Gasteiger partial charge in [0.25, 0.3) is 11.6 Å². The van der Waals surface area contributed by atoms with Gasteiger partial charge in [0.2, 0.25) is 0 Å². The normalized spacial score (nSPS) is 15.3. The number of benzene rings is 1. The Bertz CT molecular complexity index is 945. The van der Waals surface area contributed by atoms with Crippen LogP contribution in [0.25, 0.3) is 11.1 Å². The molecule has 2 aromatic heterocycles. The second kappa shape index (κ2) is 6.15. The maximum Gasteiger partial charge on any atom is 0.259 e. The molecule has 0 aliphatic heterocycles. The summed E-state index contributed by atoms with van der Waals surface area (Å²) in [5.74, 6) is 0.276. The van der Waals surface area contributed by atoms with Gasteiger partial charge in [0.15, 0.2) is 0 Å². The quantitative estimate of drug-likeness (QED) is 0.745. The van der Waals surface area contributed by atoms with E-state index in [4.69, 9.17) is 16.1 Å². The van der Waals surface area contributed by atoms with E-state index < -0.39 is 0 Å². The Morgan fingerprint density at radius 3 is 2.72 bits per heavy atom. The maximum atomic E-state index is 12.9. The number of carbonyl (C=O) groups is 1. The van der Waals surface area contributed by atoms with Crippen LogP contribution in [0, 0.1) is 6.92 Å². The Morgan fingerprint density at radius 1 is 1.32 bits per heavy atom. The molecule has 1 atom stereocenters. The number of aromatic nitrogens is 2. The number of pyridine rings is 1. The molecule has 1 amide bonds. The highest BCUT2D eigenvalue weighted by Gasteiger charge is 2.29. The van der Waals surface area contributed by atoms with E-state index in [2.05, 4.69) is 15.5 Å². The number of halogens is 1. The van der Waals surface area contributed by atoms with Gasteiger partial charge in [-0.15, -0.1) is 0 Å². The van der Waals surface area contributed by atoms with E-state index in [0.29, 0.717) is 33.3 Å². The first-order valence-corrected chi connectivity index (χ1v) is 8.74. The maximum absolute atomic E-state index is 12.9. The smallest absolute Gasteiger partial charge is 0.259 e. The van der Waals surface area contributed by atoms with Gasteiger partial charge in [-0.2, -0.15) is 0 Å². The number of amides is 1. The molecular weight excluding hydrogens is 338 g/mol. The van der Waals surface area contributed by atoms with Crippen LogP contribution in [0.2, 0.25) is 5.02 Å². The minimum Gasteiger partial charge on any atom is -0.345 e. The molecule has 0 bridgehead atoms. The molecule has 4 rings (SSSR count). The molecule has 0 spiro atoms. The summed E-state index contributed by atoms with van der Waals surface area (Å²) in [5.41, 5.74) is 3.59. The molecule has 128 valence electrons. The van der Waals surface area contributed by atoms with Crippen LogP contribution in [0.1, 0.15) is 59.0 Å². The summed E-state index contributed by atoms with van der Waals surface area (Å²) in [5, 5.41) is 8.38. The fourth-order valence-corrected chi connectivity index (χ4v) is 3.12. The second-order valence-corrected chi connectivity index (χ2v) is 7.00. The minimum atomic E-state index is -0.150. The average Bonchev–Trinajstić information content (AvgIpc) is 3.38. The van der Waals surface area contributed by atoms with Gasteiger partial charge in [-0.3, -0.25) is 4.79 Å². The molecule has 0 radical (unpaired) electrons. The van der Waals surface area contributed by atoms with Crippen molar-refractivity contribution in [2.75, 3.05) is 0 Å². The van der Waals surface area contributed by atoms with Gasteiger partial charge in [0.05, 0.1) is 22.7 Å². The van der Waals surface area contributed by atoms with Crippen LogP contribution >= 0.6 is 11.6 Å². The Hall–Kier alpha value is -2.40. The van der Waals surface area contributed by atoms with Crippen LogP contribution in [0.15, 0.2) is 34.9 Å². The van der Waals surface area contributed by atoms with Crippen molar-refractivity contribution in [3.63, 3.8) is 0 Å². The molecule has 0 unspecified atom stereocenters. The third kappa shape index (κ3) is 3.12. The Morgan fingerprint density at radius 2 is 2.04 bits per heavy atom. The Kier molecular flexibility index (Phi) is 3.96. The van der Waals surface area contributed by atoms with Gasteiger partial charge in [0.1, 0.15) is 0 Å². The van der Waals surface area contributed by atoms with Crippen LogP contribution in [0.5, 0.6) is 0 Å². The molecule has 1 aliphatic carbocycles. The first-order valence-electron chi connectivity index (χ1n) is 8.36. The summed E-state index contributed by atoms with van der Waals surface area (Å²) in [7, 11) is 0. The van der Waals surface area contributed by atoms with E-state index in [1.807, 2.05) is 44.2 Å². The zero-order valence-corrected chi connectivity index (χ0v) is 14.8. The predicted molar refractivity (Wildman–Crippen MR) is 95.8 cm³/mol. The van der Waals surface area contributed by atoms with Crippen molar-refractivity contribution in [3.8, 4) is 0 Å². The van der Waals surface area contributed by atoms with Crippen molar-refractivity contribution in [2.24, 2.45) is 0 Å². The van der Waals surface area contributed by atoms with Crippen LogP contribution in [-0.2, 0) is 0 Å². The zero-order valence-electron chi connectivity index (χ0n) is 14.0. The van der Waals surface area contributed by atoms with Crippen LogP contribution in [-0.4, -0.2) is 16.0 Å². The second-order valence-electron chi connectivity index (χ2n) is 6.56. The van der Waals surface area contributed by atoms with Gasteiger partial charge in [0, 0.05) is 16.6 Å². The lowest BCUT2D eigenvalue weighted by atomic mass is 10.1. The zero-order chi connectivity index (χ0) is 17.6. The lowest BCUT2D eigenvalue weighted by Crippen LogP contribution is -2.27. The van der Waals surface area contributed by atoms with E-state index >= 15 is 0 Å². The van der Waals surface area contributed by atoms with Crippen LogP contribution in [0.3, 0.4) is 0 Å². The van der Waals surface area contributed by atoms with Crippen molar-refractivity contribution in [2.45, 2.75) is 38.6 Å². The highest BCUT2D eigenvalue weighted by atomic mass is 35.5. The summed E-state index contributed by atoms with van der Waals surface area (Å²) in [6.45, 7) is 3.77. The van der Waals surface area contributed by atoms with Crippen molar-refractivity contribution in [1.29, 1.82) is 0 Å². The molecule has 25 heavy (non-hydrogen) atoms. The monoisotopic (exact) mass is 355 g/mol. The minimum absolute atomic E-state index is 0.141. The van der Waals surface area contributed by atoms with E-state index in [9.17, 15) is 4.79 Å². The van der Waals surface area contributed by atoms with Gasteiger partial charge >= 0.3 is 0 Å². The van der Waals surface area contributed by atoms with Gasteiger partial charge in [-0.05, 0) is 50.5 Å². The van der Waals surface area contributed by atoms with Crippen molar-refractivity contribution < 1.29 is 9.32 Å². The van der Waals surface area contributed by atoms with Gasteiger partial charge in [-0.25, -0.2) is 4.98 Å². The first kappa shape index (κ1) is 16.1. The molecule has 3 aromatic rings. The summed E-state index contributed by atoms with van der Waals surface area (Å²) < 4.78 is 5.31. The fourth-order valence-electron chi connectivity index (χ4n) is 2.99. The predicted octanol–water partition coefficient (Wildman–Crippen LogP) is 4.55. The molecule has 6 heteroatoms. The van der Waals surface area contributed by atoms with E-state index in [0.717, 1.165) is 24.1 Å². The Labute approximate surface area is 150 Å². The number of hydrogen-bond acceptors (Lipinski definition) is 4. The standard InChI is InChI=1S/C19H18ClN3O2/c1-10(12-5-7-14(20)8-6-12)21-18(24)15-9-16(13-3-4-13)22-19-17(15)11(2)23-25-19/h5-10,13H,3-4H2,1-2H3,(H,21,24)/t10-/m1/s1. The molecule has 1 N–H and O–H groups in total. The molecular formula is C19H18ClN3O2. The number of hydrogen-bond donors (Lipinski definition) is 1. The molecule has 1 saturated carbocycles. The highest BCUT2D eigenvalue weighted by molar-refractivity contribution is 6.30. The summed E-state index contributed by atoms with van der Waals surface area (Å²) in [4.78, 5) is 17.4. The number of fused-ring (bicyclic) bond motifs is 1. The fraction of sp³-hybridized carbons (Fsp3) is 0.316. The van der Waals surface area contributed by atoms with E-state index in [1.54, 1.807) is 0 Å². The first-order chi connectivity index (χ1) is 12.0. The molecule has 1 aromatic carbocycles. The Balaban J connectivity index is 1.67. The number of rotatable bonds is 4. The molecule has 1 aliphatic rings. The third-order valence-electron chi connectivity index (χ3n) is 4.59. The number of nitrogens with zero attached hydrogens (tertiary/aromatic N) is 2. The average molecular weight is 356 g/mol. The molecule has 2 heterocycles.